The molecule has 0 aliphatic heterocycles. The molecule has 0 aromatic heterocycles. The molecule has 3 rings (SSSR count). The first-order valence-electron chi connectivity index (χ1n) is 7.21. The van der Waals surface area contributed by atoms with E-state index < -0.39 is 22.5 Å². The van der Waals surface area contributed by atoms with Gasteiger partial charge in [0.1, 0.15) is 0 Å². The van der Waals surface area contributed by atoms with Crippen molar-refractivity contribution in [3.63, 3.8) is 0 Å². The van der Waals surface area contributed by atoms with Gasteiger partial charge < -0.3 is 9.47 Å². The maximum Gasteiger partial charge on any atom is 0.351 e. The van der Waals surface area contributed by atoms with Crippen LogP contribution in [0.1, 0.15) is 23.2 Å². The SMILES string of the molecule is COC(=O)[C@@]1(OC(=O)c2ccc([N+](=O)[O-])cc2)C[C@@H]2C=C[C@H]1C2. The van der Waals surface area contributed by atoms with Crippen LogP contribution in [-0.2, 0) is 14.3 Å². The Bertz CT molecular complexity index is 695. The van der Waals surface area contributed by atoms with Crippen LogP contribution in [0.3, 0.4) is 0 Å². The Labute approximate surface area is 132 Å². The van der Waals surface area contributed by atoms with Gasteiger partial charge in [-0.05, 0) is 24.5 Å². The lowest BCUT2D eigenvalue weighted by molar-refractivity contribution is -0.384. The monoisotopic (exact) mass is 317 g/mol. The fourth-order valence-corrected chi connectivity index (χ4v) is 3.32. The molecule has 23 heavy (non-hydrogen) atoms. The van der Waals surface area contributed by atoms with Crippen molar-refractivity contribution in [3.8, 4) is 0 Å². The van der Waals surface area contributed by atoms with Gasteiger partial charge in [-0.2, -0.15) is 0 Å². The summed E-state index contributed by atoms with van der Waals surface area (Å²) < 4.78 is 10.4. The molecule has 0 radical (unpaired) electrons. The smallest absolute Gasteiger partial charge is 0.351 e. The molecule has 1 saturated carbocycles. The highest BCUT2D eigenvalue weighted by molar-refractivity contribution is 5.93. The largest absolute Gasteiger partial charge is 0.466 e. The molecule has 0 unspecified atom stereocenters. The Kier molecular flexibility index (Phi) is 3.63. The van der Waals surface area contributed by atoms with Crippen molar-refractivity contribution in [1.82, 2.24) is 0 Å². The normalized spacial score (nSPS) is 27.7. The van der Waals surface area contributed by atoms with Crippen LogP contribution >= 0.6 is 0 Å². The summed E-state index contributed by atoms with van der Waals surface area (Å²) in [4.78, 5) is 34.7. The molecule has 1 aromatic rings. The molecule has 0 N–H and O–H groups in total. The summed E-state index contributed by atoms with van der Waals surface area (Å²) in [6.45, 7) is 0. The van der Waals surface area contributed by atoms with Crippen molar-refractivity contribution in [3.05, 3.63) is 52.1 Å². The van der Waals surface area contributed by atoms with E-state index in [0.29, 0.717) is 6.42 Å². The Morgan fingerprint density at radius 3 is 2.43 bits per heavy atom. The number of esters is 2. The fraction of sp³-hybridized carbons (Fsp3) is 0.375. The highest BCUT2D eigenvalue weighted by Crippen LogP contribution is 2.49. The summed E-state index contributed by atoms with van der Waals surface area (Å²) in [6.07, 6.45) is 5.06. The first kappa shape index (κ1) is 15.2. The first-order valence-corrected chi connectivity index (χ1v) is 7.21. The molecular weight excluding hydrogens is 302 g/mol. The zero-order chi connectivity index (χ0) is 16.6. The number of carbonyl (C=O) groups excluding carboxylic acids is 2. The average Bonchev–Trinajstić information content (AvgIpc) is 3.15. The van der Waals surface area contributed by atoms with Gasteiger partial charge in [-0.15, -0.1) is 0 Å². The van der Waals surface area contributed by atoms with Gasteiger partial charge in [0.25, 0.3) is 5.69 Å². The van der Waals surface area contributed by atoms with E-state index in [1.165, 1.54) is 31.4 Å². The summed E-state index contributed by atoms with van der Waals surface area (Å²) in [6, 6.07) is 5.08. The van der Waals surface area contributed by atoms with E-state index in [-0.39, 0.29) is 23.1 Å². The number of benzene rings is 1. The average molecular weight is 317 g/mol. The number of nitro benzene ring substituents is 1. The Morgan fingerprint density at radius 1 is 1.26 bits per heavy atom. The number of non-ortho nitro benzene ring substituents is 1. The Hall–Kier alpha value is -2.70. The molecule has 0 saturated heterocycles. The van der Waals surface area contributed by atoms with Crippen molar-refractivity contribution in [2.45, 2.75) is 18.4 Å². The van der Waals surface area contributed by atoms with Crippen LogP contribution in [0.25, 0.3) is 0 Å². The number of hydrogen-bond acceptors (Lipinski definition) is 6. The standard InChI is InChI=1S/C16H15NO6/c1-22-15(19)16(9-10-2-5-12(16)8-10)23-14(18)11-3-6-13(7-4-11)17(20)21/h2-7,10,12H,8-9H2,1H3/t10-,12+,16-/m1/s1. The molecule has 0 spiro atoms. The molecular formula is C16H15NO6. The number of nitro groups is 1. The van der Waals surface area contributed by atoms with Crippen molar-refractivity contribution in [1.29, 1.82) is 0 Å². The number of nitrogens with zero attached hydrogens (tertiary/aromatic N) is 1. The second kappa shape index (κ2) is 5.49. The minimum atomic E-state index is -1.30. The molecule has 1 fully saturated rings. The number of methoxy groups -OCH3 is 1. The molecule has 2 aliphatic carbocycles. The molecule has 120 valence electrons. The third kappa shape index (κ3) is 2.48. The number of fused-ring (bicyclic) bond motifs is 2. The van der Waals surface area contributed by atoms with Crippen LogP contribution in [0.15, 0.2) is 36.4 Å². The van der Waals surface area contributed by atoms with Gasteiger partial charge in [-0.1, -0.05) is 12.2 Å². The van der Waals surface area contributed by atoms with Crippen LogP contribution in [0.5, 0.6) is 0 Å². The van der Waals surface area contributed by atoms with Crippen LogP contribution in [-0.4, -0.2) is 29.6 Å². The van der Waals surface area contributed by atoms with Crippen molar-refractivity contribution in [2.75, 3.05) is 7.11 Å². The topological polar surface area (TPSA) is 95.7 Å². The predicted octanol–water partition coefficient (Wildman–Crippen LogP) is 2.26. The molecule has 1 aromatic carbocycles. The van der Waals surface area contributed by atoms with Crippen molar-refractivity contribution < 1.29 is 24.0 Å². The summed E-state index contributed by atoms with van der Waals surface area (Å²) in [5, 5.41) is 10.6. The van der Waals surface area contributed by atoms with Crippen LogP contribution in [0, 0.1) is 22.0 Å². The van der Waals surface area contributed by atoms with Gasteiger partial charge in [0.2, 0.25) is 5.60 Å². The summed E-state index contributed by atoms with van der Waals surface area (Å²) in [5.41, 5.74) is -1.26. The second-order valence-electron chi connectivity index (χ2n) is 5.77. The number of allylic oxidation sites excluding steroid dienone is 1. The van der Waals surface area contributed by atoms with Gasteiger partial charge in [-0.3, -0.25) is 10.1 Å². The van der Waals surface area contributed by atoms with E-state index in [4.69, 9.17) is 9.47 Å². The van der Waals surface area contributed by atoms with Gasteiger partial charge >= 0.3 is 11.9 Å². The zero-order valence-electron chi connectivity index (χ0n) is 12.4. The molecule has 2 aliphatic rings. The lowest BCUT2D eigenvalue weighted by Gasteiger charge is -2.32. The van der Waals surface area contributed by atoms with Crippen LogP contribution in [0.2, 0.25) is 0 Å². The van der Waals surface area contributed by atoms with Crippen LogP contribution < -0.4 is 0 Å². The minimum Gasteiger partial charge on any atom is -0.466 e. The zero-order valence-corrected chi connectivity index (χ0v) is 12.4. The first-order chi connectivity index (χ1) is 11.0. The molecule has 0 amide bonds. The van der Waals surface area contributed by atoms with Gasteiger partial charge in [-0.25, -0.2) is 9.59 Å². The van der Waals surface area contributed by atoms with E-state index in [1.807, 2.05) is 12.2 Å². The van der Waals surface area contributed by atoms with E-state index in [0.717, 1.165) is 6.42 Å². The molecule has 7 heteroatoms. The van der Waals surface area contributed by atoms with E-state index in [2.05, 4.69) is 0 Å². The molecule has 7 nitrogen and oxygen atoms in total. The van der Waals surface area contributed by atoms with Gasteiger partial charge in [0, 0.05) is 24.5 Å². The number of carbonyl (C=O) groups is 2. The summed E-state index contributed by atoms with van der Waals surface area (Å²) in [5.74, 6) is -1.25. The summed E-state index contributed by atoms with van der Waals surface area (Å²) >= 11 is 0. The molecule has 2 bridgehead atoms. The maximum absolute atomic E-state index is 12.4. The number of rotatable bonds is 4. The Morgan fingerprint density at radius 2 is 1.96 bits per heavy atom. The minimum absolute atomic E-state index is 0.118. The van der Waals surface area contributed by atoms with Crippen molar-refractivity contribution in [2.24, 2.45) is 11.8 Å². The van der Waals surface area contributed by atoms with E-state index >= 15 is 0 Å². The highest BCUT2D eigenvalue weighted by Gasteiger charge is 2.57. The van der Waals surface area contributed by atoms with E-state index in [1.54, 1.807) is 0 Å². The molecule has 3 atom stereocenters. The lowest BCUT2D eigenvalue weighted by atomic mass is 9.88. The lowest BCUT2D eigenvalue weighted by Crippen LogP contribution is -2.47. The van der Waals surface area contributed by atoms with Gasteiger partial charge in [0.15, 0.2) is 0 Å². The number of ether oxygens (including phenoxy) is 2. The van der Waals surface area contributed by atoms with Crippen LogP contribution in [0.4, 0.5) is 5.69 Å². The van der Waals surface area contributed by atoms with Gasteiger partial charge in [0.05, 0.1) is 17.6 Å². The Balaban J connectivity index is 1.83. The summed E-state index contributed by atoms with van der Waals surface area (Å²) in [7, 11) is 1.26. The fourth-order valence-electron chi connectivity index (χ4n) is 3.32. The third-order valence-corrected chi connectivity index (χ3v) is 4.46. The molecule has 0 heterocycles. The highest BCUT2D eigenvalue weighted by atomic mass is 16.6. The maximum atomic E-state index is 12.4. The third-order valence-electron chi connectivity index (χ3n) is 4.46. The quantitative estimate of drug-likeness (QED) is 0.366. The van der Waals surface area contributed by atoms with E-state index in [9.17, 15) is 19.7 Å². The number of hydrogen-bond donors (Lipinski definition) is 0. The van der Waals surface area contributed by atoms with Crippen molar-refractivity contribution >= 4 is 17.6 Å². The predicted molar refractivity (Wildman–Crippen MR) is 78.6 cm³/mol. The second-order valence-corrected chi connectivity index (χ2v) is 5.77.